The molecule has 0 radical (unpaired) electrons. The molecule has 7 nitrogen and oxygen atoms in total. The largest absolute Gasteiger partial charge is 0.496 e. The minimum atomic E-state index is -4.46. The molecule has 182 valence electrons. The minimum Gasteiger partial charge on any atom is -0.496 e. The third kappa shape index (κ3) is 4.09. The van der Waals surface area contributed by atoms with Gasteiger partial charge in [0.2, 0.25) is 5.88 Å². The molecule has 0 aliphatic carbocycles. The zero-order chi connectivity index (χ0) is 24.9. The zero-order valence-corrected chi connectivity index (χ0v) is 19.3. The summed E-state index contributed by atoms with van der Waals surface area (Å²) in [4.78, 5) is 13.6. The lowest BCUT2D eigenvalue weighted by atomic mass is 9.92. The second kappa shape index (κ2) is 8.37. The van der Waals surface area contributed by atoms with E-state index in [4.69, 9.17) is 13.9 Å². The van der Waals surface area contributed by atoms with Crippen LogP contribution in [0.2, 0.25) is 0 Å². The molecular formula is C25H22F3N3O4. The lowest BCUT2D eigenvalue weighted by Crippen LogP contribution is -2.43. The van der Waals surface area contributed by atoms with E-state index < -0.39 is 18.6 Å². The molecule has 0 bridgehead atoms. The topological polar surface area (TPSA) is 69.7 Å². The van der Waals surface area contributed by atoms with Crippen molar-refractivity contribution < 1.29 is 31.9 Å². The number of alkyl halides is 3. The van der Waals surface area contributed by atoms with Crippen molar-refractivity contribution in [1.29, 1.82) is 0 Å². The number of hydrogen-bond acceptors (Lipinski definition) is 5. The summed E-state index contributed by atoms with van der Waals surface area (Å²) >= 11 is 0. The summed E-state index contributed by atoms with van der Waals surface area (Å²) in [5, 5.41) is 5.13. The Morgan fingerprint density at radius 2 is 1.89 bits per heavy atom. The average Bonchev–Trinajstić information content (AvgIpc) is 3.42. The maximum absolute atomic E-state index is 12.9. The molecular weight excluding hydrogens is 463 g/mol. The fraction of sp³-hybridized carbons (Fsp3) is 0.280. The molecule has 3 heterocycles. The molecule has 1 aliphatic rings. The Labute approximate surface area is 198 Å². The predicted molar refractivity (Wildman–Crippen MR) is 123 cm³/mol. The van der Waals surface area contributed by atoms with Gasteiger partial charge in [-0.2, -0.15) is 13.2 Å². The van der Waals surface area contributed by atoms with Gasteiger partial charge in [0.05, 0.1) is 31.6 Å². The molecule has 0 fully saturated rings. The highest BCUT2D eigenvalue weighted by Crippen LogP contribution is 2.39. The fourth-order valence-electron chi connectivity index (χ4n) is 4.55. The summed E-state index contributed by atoms with van der Waals surface area (Å²) in [5.41, 5.74) is 4.71. The Morgan fingerprint density at radius 1 is 1.09 bits per heavy atom. The highest BCUT2D eigenvalue weighted by molar-refractivity contribution is 6.02. The lowest BCUT2D eigenvalue weighted by Gasteiger charge is -2.30. The quantitative estimate of drug-likeness (QED) is 0.395. The zero-order valence-electron chi connectivity index (χ0n) is 19.3. The molecule has 1 amide bonds. The normalized spacial score (nSPS) is 13.9. The molecule has 0 saturated carbocycles. The number of aromatic nitrogens is 2. The van der Waals surface area contributed by atoms with Crippen molar-refractivity contribution in [2.75, 3.05) is 27.3 Å². The Kier molecular flexibility index (Phi) is 5.46. The van der Waals surface area contributed by atoms with Gasteiger partial charge in [-0.15, -0.1) is 5.10 Å². The first-order chi connectivity index (χ1) is 16.7. The highest BCUT2D eigenvalue weighted by atomic mass is 19.4. The van der Waals surface area contributed by atoms with Crippen molar-refractivity contribution in [3.63, 3.8) is 0 Å². The molecule has 0 atom stereocenters. The molecule has 0 N–H and O–H groups in total. The van der Waals surface area contributed by atoms with Crippen LogP contribution in [0, 0.1) is 0 Å². The van der Waals surface area contributed by atoms with Gasteiger partial charge in [0.1, 0.15) is 17.9 Å². The molecule has 35 heavy (non-hydrogen) atoms. The van der Waals surface area contributed by atoms with E-state index in [0.29, 0.717) is 23.4 Å². The van der Waals surface area contributed by atoms with Crippen molar-refractivity contribution in [3.05, 3.63) is 53.9 Å². The minimum absolute atomic E-state index is 0.0135. The van der Waals surface area contributed by atoms with Crippen LogP contribution < -0.4 is 9.47 Å². The molecule has 0 spiro atoms. The molecule has 2 aromatic heterocycles. The van der Waals surface area contributed by atoms with Crippen molar-refractivity contribution in [1.82, 2.24) is 14.7 Å². The van der Waals surface area contributed by atoms with Crippen LogP contribution in [0.25, 0.3) is 33.2 Å². The second-order valence-corrected chi connectivity index (χ2v) is 8.39. The van der Waals surface area contributed by atoms with Crippen LogP contribution in [-0.4, -0.2) is 54.1 Å². The van der Waals surface area contributed by atoms with Gasteiger partial charge in [-0.1, -0.05) is 6.07 Å². The standard InChI is InChI=1S/C25H22F3N3O4/c1-30-11-18(23(29-30)34-3)14-4-5-17-19(12-35-20(17)9-14)16-8-15-6-7-31(13-25(26,27)28)24(32)22(15)21(10-16)33-2/h4-5,8-12H,6-7,13H2,1-3H3. The maximum Gasteiger partial charge on any atom is 0.406 e. The van der Waals surface area contributed by atoms with Crippen LogP contribution in [0.4, 0.5) is 13.2 Å². The third-order valence-electron chi connectivity index (χ3n) is 6.11. The number of amides is 1. The average molecular weight is 485 g/mol. The number of ether oxygens (including phenoxy) is 2. The number of aryl methyl sites for hydroxylation is 1. The van der Waals surface area contributed by atoms with Crippen LogP contribution in [0.3, 0.4) is 0 Å². The number of nitrogens with zero attached hydrogens (tertiary/aromatic N) is 3. The van der Waals surface area contributed by atoms with Crippen LogP contribution in [-0.2, 0) is 13.5 Å². The van der Waals surface area contributed by atoms with Gasteiger partial charge in [0, 0.05) is 30.7 Å². The number of furan rings is 1. The van der Waals surface area contributed by atoms with E-state index in [1.54, 1.807) is 24.1 Å². The van der Waals surface area contributed by atoms with Crippen molar-refractivity contribution >= 4 is 16.9 Å². The third-order valence-corrected chi connectivity index (χ3v) is 6.11. The molecule has 10 heteroatoms. The van der Waals surface area contributed by atoms with Crippen LogP contribution in [0.5, 0.6) is 11.6 Å². The molecule has 0 unspecified atom stereocenters. The highest BCUT2D eigenvalue weighted by Gasteiger charge is 2.37. The van der Waals surface area contributed by atoms with Crippen molar-refractivity contribution in [2.24, 2.45) is 7.05 Å². The Bertz CT molecular complexity index is 1420. The number of methoxy groups -OCH3 is 2. The van der Waals surface area contributed by atoms with Crippen LogP contribution in [0.15, 0.2) is 47.2 Å². The number of carbonyl (C=O) groups excluding carboxylic acids is 1. The fourth-order valence-corrected chi connectivity index (χ4v) is 4.55. The summed E-state index contributed by atoms with van der Waals surface area (Å²) in [6, 6.07) is 9.25. The number of rotatable bonds is 5. The first-order valence-electron chi connectivity index (χ1n) is 10.8. The van der Waals surface area contributed by atoms with E-state index in [1.807, 2.05) is 37.5 Å². The summed E-state index contributed by atoms with van der Waals surface area (Å²) in [5.74, 6) is 0.0572. The molecule has 4 aromatic rings. The van der Waals surface area contributed by atoms with Gasteiger partial charge in [0.25, 0.3) is 5.91 Å². The Morgan fingerprint density at radius 3 is 2.60 bits per heavy atom. The Hall–Kier alpha value is -3.95. The first-order valence-corrected chi connectivity index (χ1v) is 10.8. The van der Waals surface area contributed by atoms with E-state index >= 15 is 0 Å². The second-order valence-electron chi connectivity index (χ2n) is 8.39. The maximum atomic E-state index is 12.9. The molecule has 0 saturated heterocycles. The smallest absolute Gasteiger partial charge is 0.406 e. The summed E-state index contributed by atoms with van der Waals surface area (Å²) in [7, 11) is 4.77. The van der Waals surface area contributed by atoms with Gasteiger partial charge in [-0.3, -0.25) is 9.48 Å². The van der Waals surface area contributed by atoms with Gasteiger partial charge >= 0.3 is 6.18 Å². The number of halogens is 3. The van der Waals surface area contributed by atoms with Crippen molar-refractivity contribution in [2.45, 2.75) is 12.6 Å². The van der Waals surface area contributed by atoms with Gasteiger partial charge < -0.3 is 18.8 Å². The summed E-state index contributed by atoms with van der Waals surface area (Å²) < 4.78 is 57.0. The number of carbonyl (C=O) groups is 1. The first kappa shape index (κ1) is 22.8. The summed E-state index contributed by atoms with van der Waals surface area (Å²) in [6.45, 7) is -1.30. The summed E-state index contributed by atoms with van der Waals surface area (Å²) in [6.07, 6.45) is -0.690. The van der Waals surface area contributed by atoms with Gasteiger partial charge in [-0.05, 0) is 47.4 Å². The van der Waals surface area contributed by atoms with Gasteiger partial charge in [-0.25, -0.2) is 0 Å². The van der Waals surface area contributed by atoms with E-state index in [2.05, 4.69) is 5.10 Å². The van der Waals surface area contributed by atoms with Gasteiger partial charge in [0.15, 0.2) is 0 Å². The lowest BCUT2D eigenvalue weighted by molar-refractivity contribution is -0.141. The van der Waals surface area contributed by atoms with Crippen molar-refractivity contribution in [3.8, 4) is 33.9 Å². The number of hydrogen-bond donors (Lipinski definition) is 0. The van der Waals surface area contributed by atoms with Crippen LogP contribution in [0.1, 0.15) is 15.9 Å². The number of fused-ring (bicyclic) bond motifs is 2. The van der Waals surface area contributed by atoms with Crippen LogP contribution >= 0.6 is 0 Å². The van der Waals surface area contributed by atoms with E-state index in [9.17, 15) is 18.0 Å². The Balaban J connectivity index is 1.54. The molecule has 2 aromatic carbocycles. The predicted octanol–water partition coefficient (Wildman–Crippen LogP) is 5.08. The SMILES string of the molecule is COc1cc(-c2coc3cc(-c4cn(C)nc4OC)ccc23)cc2c1C(=O)N(CC(F)(F)F)CC2. The van der Waals surface area contributed by atoms with E-state index in [0.717, 1.165) is 32.5 Å². The van der Waals surface area contributed by atoms with E-state index in [1.165, 1.54) is 7.11 Å². The molecule has 1 aliphatic heterocycles. The van der Waals surface area contributed by atoms with E-state index in [-0.39, 0.29) is 17.9 Å². The molecule has 5 rings (SSSR count). The monoisotopic (exact) mass is 485 g/mol. The number of benzene rings is 2.